The van der Waals surface area contributed by atoms with Crippen LogP contribution in [-0.2, 0) is 0 Å². The quantitative estimate of drug-likeness (QED) is 0.825. The number of aliphatic hydroxyl groups excluding tert-OH is 1. The van der Waals surface area contributed by atoms with E-state index in [0.29, 0.717) is 0 Å². The van der Waals surface area contributed by atoms with E-state index in [9.17, 15) is 5.11 Å². The fourth-order valence-electron chi connectivity index (χ4n) is 1.94. The Bertz CT molecular complexity index is 296. The standard InChI is InChI=1S/C12H17NOS/c14-9-12(7-4-8-15-10-12)13-11-5-2-1-3-6-11/h1-3,5-6,13-14H,4,7-10H2. The molecule has 1 aliphatic rings. The molecule has 1 unspecified atom stereocenters. The maximum Gasteiger partial charge on any atom is 0.0694 e. The third kappa shape index (κ3) is 2.67. The maximum absolute atomic E-state index is 9.53. The van der Waals surface area contributed by atoms with Gasteiger partial charge in [0.15, 0.2) is 0 Å². The molecule has 1 fully saturated rings. The van der Waals surface area contributed by atoms with Gasteiger partial charge < -0.3 is 10.4 Å². The van der Waals surface area contributed by atoms with Gasteiger partial charge in [-0.05, 0) is 30.7 Å². The van der Waals surface area contributed by atoms with Gasteiger partial charge >= 0.3 is 0 Å². The first-order valence-electron chi connectivity index (χ1n) is 5.36. The Kier molecular flexibility index (Phi) is 3.54. The average molecular weight is 223 g/mol. The SMILES string of the molecule is OCC1(Nc2ccccc2)CCCSC1. The first-order valence-corrected chi connectivity index (χ1v) is 6.52. The van der Waals surface area contributed by atoms with Crippen LogP contribution in [0, 0.1) is 0 Å². The summed E-state index contributed by atoms with van der Waals surface area (Å²) in [6.07, 6.45) is 2.25. The zero-order chi connectivity index (χ0) is 10.6. The minimum Gasteiger partial charge on any atom is -0.394 e. The Morgan fingerprint density at radius 3 is 2.73 bits per heavy atom. The minimum absolute atomic E-state index is 0.107. The van der Waals surface area contributed by atoms with Crippen LogP contribution in [0.3, 0.4) is 0 Å². The number of hydrogen-bond acceptors (Lipinski definition) is 3. The normalized spacial score (nSPS) is 26.2. The van der Waals surface area contributed by atoms with E-state index in [1.165, 1.54) is 12.2 Å². The Morgan fingerprint density at radius 2 is 2.13 bits per heavy atom. The molecule has 1 heterocycles. The van der Waals surface area contributed by atoms with Crippen molar-refractivity contribution in [3.05, 3.63) is 30.3 Å². The zero-order valence-corrected chi connectivity index (χ0v) is 9.59. The van der Waals surface area contributed by atoms with Crippen molar-refractivity contribution >= 4 is 17.4 Å². The minimum atomic E-state index is -0.107. The van der Waals surface area contributed by atoms with Crippen LogP contribution in [0.5, 0.6) is 0 Å². The molecule has 2 rings (SSSR count). The van der Waals surface area contributed by atoms with E-state index < -0.39 is 0 Å². The van der Waals surface area contributed by atoms with Crippen molar-refractivity contribution in [1.29, 1.82) is 0 Å². The second kappa shape index (κ2) is 4.90. The van der Waals surface area contributed by atoms with Crippen molar-refractivity contribution in [2.24, 2.45) is 0 Å². The highest BCUT2D eigenvalue weighted by Crippen LogP contribution is 2.29. The van der Waals surface area contributed by atoms with E-state index in [-0.39, 0.29) is 12.1 Å². The molecule has 0 bridgehead atoms. The molecular formula is C12H17NOS. The van der Waals surface area contributed by atoms with E-state index in [4.69, 9.17) is 0 Å². The van der Waals surface area contributed by atoms with Crippen LogP contribution in [0.15, 0.2) is 30.3 Å². The summed E-state index contributed by atoms with van der Waals surface area (Å²) >= 11 is 1.92. The lowest BCUT2D eigenvalue weighted by Crippen LogP contribution is -2.46. The predicted octanol–water partition coefficient (Wildman–Crippen LogP) is 2.36. The van der Waals surface area contributed by atoms with E-state index in [2.05, 4.69) is 17.4 Å². The van der Waals surface area contributed by atoms with Gasteiger partial charge in [0.2, 0.25) is 0 Å². The number of rotatable bonds is 3. The topological polar surface area (TPSA) is 32.3 Å². The summed E-state index contributed by atoms with van der Waals surface area (Å²) in [5.74, 6) is 2.22. The van der Waals surface area contributed by atoms with Crippen molar-refractivity contribution < 1.29 is 5.11 Å². The van der Waals surface area contributed by atoms with Gasteiger partial charge in [-0.15, -0.1) is 0 Å². The Morgan fingerprint density at radius 1 is 1.33 bits per heavy atom. The molecule has 1 aromatic carbocycles. The lowest BCUT2D eigenvalue weighted by molar-refractivity contribution is 0.215. The Labute approximate surface area is 95.1 Å². The van der Waals surface area contributed by atoms with Gasteiger partial charge in [0.25, 0.3) is 0 Å². The molecule has 1 atom stereocenters. The van der Waals surface area contributed by atoms with E-state index in [1.54, 1.807) is 0 Å². The first-order chi connectivity index (χ1) is 7.35. The number of nitrogens with one attached hydrogen (secondary N) is 1. The van der Waals surface area contributed by atoms with Crippen LogP contribution in [0.25, 0.3) is 0 Å². The molecule has 0 spiro atoms. The van der Waals surface area contributed by atoms with Crippen molar-refractivity contribution in [3.63, 3.8) is 0 Å². The summed E-state index contributed by atoms with van der Waals surface area (Å²) in [7, 11) is 0. The number of anilines is 1. The van der Waals surface area contributed by atoms with Crippen molar-refractivity contribution in [2.45, 2.75) is 18.4 Å². The molecule has 82 valence electrons. The molecule has 0 radical (unpaired) electrons. The van der Waals surface area contributed by atoms with E-state index >= 15 is 0 Å². The highest BCUT2D eigenvalue weighted by Gasteiger charge is 2.31. The maximum atomic E-state index is 9.53. The van der Waals surface area contributed by atoms with Crippen molar-refractivity contribution in [3.8, 4) is 0 Å². The third-order valence-corrected chi connectivity index (χ3v) is 4.14. The van der Waals surface area contributed by atoms with Crippen LogP contribution in [0.4, 0.5) is 5.69 Å². The van der Waals surface area contributed by atoms with Crippen LogP contribution in [0.2, 0.25) is 0 Å². The molecule has 0 saturated carbocycles. The van der Waals surface area contributed by atoms with E-state index in [0.717, 1.165) is 17.9 Å². The predicted molar refractivity (Wildman–Crippen MR) is 66.4 cm³/mol. The lowest BCUT2D eigenvalue weighted by atomic mass is 9.96. The molecule has 0 aromatic heterocycles. The van der Waals surface area contributed by atoms with Gasteiger partial charge in [-0.2, -0.15) is 11.8 Å². The number of para-hydroxylation sites is 1. The van der Waals surface area contributed by atoms with Gasteiger partial charge in [-0.25, -0.2) is 0 Å². The number of benzene rings is 1. The van der Waals surface area contributed by atoms with Gasteiger partial charge in [0.1, 0.15) is 0 Å². The van der Waals surface area contributed by atoms with Gasteiger partial charge in [0.05, 0.1) is 12.1 Å². The monoisotopic (exact) mass is 223 g/mol. The lowest BCUT2D eigenvalue weighted by Gasteiger charge is -2.37. The third-order valence-electron chi connectivity index (χ3n) is 2.81. The summed E-state index contributed by atoms with van der Waals surface area (Å²) in [6, 6.07) is 10.1. The van der Waals surface area contributed by atoms with Crippen LogP contribution < -0.4 is 5.32 Å². The number of thioether (sulfide) groups is 1. The summed E-state index contributed by atoms with van der Waals surface area (Å²) in [5.41, 5.74) is 0.999. The fourth-order valence-corrected chi connectivity index (χ4v) is 3.13. The Balaban J connectivity index is 2.07. The summed E-state index contributed by atoms with van der Waals surface area (Å²) in [4.78, 5) is 0. The van der Waals surface area contributed by atoms with Gasteiger partial charge in [-0.3, -0.25) is 0 Å². The molecule has 0 aliphatic carbocycles. The number of hydrogen-bond donors (Lipinski definition) is 2. The molecule has 15 heavy (non-hydrogen) atoms. The molecule has 2 nitrogen and oxygen atoms in total. The molecule has 1 aliphatic heterocycles. The van der Waals surface area contributed by atoms with Crippen LogP contribution in [0.1, 0.15) is 12.8 Å². The first kappa shape index (κ1) is 10.8. The smallest absolute Gasteiger partial charge is 0.0694 e. The molecule has 1 saturated heterocycles. The Hall–Kier alpha value is -0.670. The van der Waals surface area contributed by atoms with Crippen molar-refractivity contribution in [2.75, 3.05) is 23.4 Å². The van der Waals surface area contributed by atoms with Crippen LogP contribution >= 0.6 is 11.8 Å². The molecular weight excluding hydrogens is 206 g/mol. The van der Waals surface area contributed by atoms with Gasteiger partial charge in [0, 0.05) is 11.4 Å². The molecule has 1 aromatic rings. The van der Waals surface area contributed by atoms with Gasteiger partial charge in [-0.1, -0.05) is 18.2 Å². The molecule has 3 heteroatoms. The highest BCUT2D eigenvalue weighted by molar-refractivity contribution is 7.99. The van der Waals surface area contributed by atoms with E-state index in [1.807, 2.05) is 30.0 Å². The fraction of sp³-hybridized carbons (Fsp3) is 0.500. The second-order valence-corrected chi connectivity index (χ2v) is 5.19. The molecule has 2 N–H and O–H groups in total. The number of aliphatic hydroxyl groups is 1. The average Bonchev–Trinajstić information content (AvgIpc) is 2.32. The van der Waals surface area contributed by atoms with Crippen molar-refractivity contribution in [1.82, 2.24) is 0 Å². The zero-order valence-electron chi connectivity index (χ0n) is 8.78. The summed E-state index contributed by atoms with van der Waals surface area (Å²) in [5, 5.41) is 13.0. The largest absolute Gasteiger partial charge is 0.394 e. The van der Waals surface area contributed by atoms with Crippen LogP contribution in [-0.4, -0.2) is 28.8 Å². The second-order valence-electron chi connectivity index (χ2n) is 4.09. The summed E-state index contributed by atoms with van der Waals surface area (Å²) < 4.78 is 0. The summed E-state index contributed by atoms with van der Waals surface area (Å²) in [6.45, 7) is 0.217. The highest BCUT2D eigenvalue weighted by atomic mass is 32.2. The molecule has 0 amide bonds.